The number of hydrogen-bond donors (Lipinski definition) is 1. The number of halogens is 2. The molecule has 1 aliphatic heterocycles. The minimum Gasteiger partial charge on any atom is -0.479 e. The number of aryl methyl sites for hydroxylation is 2. The standard InChI is InChI=1S/C30H31F2NO4/c1-17-6-9-20(10-7-17)27-21-12-13-33(25(34)16-19-8-11-22(31)23(32)15-19)24(21)14-18(2)26(27)28(29(35)36)37-30(3,4)5/h6-11,14-15,28H,12-13,16H2,1-5H3,(H,35,36)/t28-/m0/s1. The molecule has 0 aliphatic carbocycles. The maximum atomic E-state index is 13.7. The average molecular weight is 508 g/mol. The third kappa shape index (κ3) is 5.57. The van der Waals surface area contributed by atoms with Gasteiger partial charge < -0.3 is 14.7 Å². The van der Waals surface area contributed by atoms with Crippen LogP contribution in [0.5, 0.6) is 0 Å². The van der Waals surface area contributed by atoms with Crippen molar-refractivity contribution in [2.24, 2.45) is 0 Å². The second-order valence-corrected chi connectivity index (χ2v) is 10.5. The van der Waals surface area contributed by atoms with Crippen LogP contribution in [-0.4, -0.2) is 29.1 Å². The molecule has 3 aromatic rings. The second kappa shape index (κ2) is 10.1. The van der Waals surface area contributed by atoms with Crippen LogP contribution in [0.3, 0.4) is 0 Å². The van der Waals surface area contributed by atoms with Crippen LogP contribution in [-0.2, 0) is 27.2 Å². The van der Waals surface area contributed by atoms with E-state index in [2.05, 4.69) is 0 Å². The number of anilines is 1. The largest absolute Gasteiger partial charge is 0.479 e. The fraction of sp³-hybridized carbons (Fsp3) is 0.333. The average Bonchev–Trinajstić information content (AvgIpc) is 3.22. The van der Waals surface area contributed by atoms with Crippen molar-refractivity contribution >= 4 is 17.6 Å². The maximum absolute atomic E-state index is 13.7. The minimum absolute atomic E-state index is 0.0812. The Morgan fingerprint density at radius 2 is 1.70 bits per heavy atom. The van der Waals surface area contributed by atoms with Gasteiger partial charge in [0.2, 0.25) is 5.91 Å². The molecule has 1 heterocycles. The first-order valence-electron chi connectivity index (χ1n) is 12.2. The van der Waals surface area contributed by atoms with Crippen LogP contribution >= 0.6 is 0 Å². The molecule has 1 amide bonds. The fourth-order valence-corrected chi connectivity index (χ4v) is 4.85. The van der Waals surface area contributed by atoms with Crippen molar-refractivity contribution < 1.29 is 28.2 Å². The van der Waals surface area contributed by atoms with Gasteiger partial charge in [-0.1, -0.05) is 35.9 Å². The molecule has 0 spiro atoms. The molecule has 194 valence electrons. The summed E-state index contributed by atoms with van der Waals surface area (Å²) in [7, 11) is 0. The summed E-state index contributed by atoms with van der Waals surface area (Å²) in [5, 5.41) is 10.2. The van der Waals surface area contributed by atoms with Crippen molar-refractivity contribution in [3.8, 4) is 11.1 Å². The number of ether oxygens (including phenoxy) is 1. The van der Waals surface area contributed by atoms with Crippen molar-refractivity contribution in [3.05, 3.63) is 88.0 Å². The second-order valence-electron chi connectivity index (χ2n) is 10.5. The molecule has 1 atom stereocenters. The van der Waals surface area contributed by atoms with E-state index < -0.39 is 29.3 Å². The van der Waals surface area contributed by atoms with Crippen LogP contribution in [0.15, 0.2) is 48.5 Å². The lowest BCUT2D eigenvalue weighted by molar-refractivity contribution is -0.160. The summed E-state index contributed by atoms with van der Waals surface area (Å²) in [4.78, 5) is 27.4. The number of hydrogen-bond acceptors (Lipinski definition) is 3. The summed E-state index contributed by atoms with van der Waals surface area (Å²) in [5.41, 5.74) is 5.18. The highest BCUT2D eigenvalue weighted by atomic mass is 19.2. The highest BCUT2D eigenvalue weighted by Gasteiger charge is 2.35. The lowest BCUT2D eigenvalue weighted by atomic mass is 9.86. The molecule has 5 nitrogen and oxygen atoms in total. The van der Waals surface area contributed by atoms with Gasteiger partial charge in [0.25, 0.3) is 0 Å². The van der Waals surface area contributed by atoms with Crippen molar-refractivity contribution in [3.63, 3.8) is 0 Å². The monoisotopic (exact) mass is 507 g/mol. The molecule has 0 saturated heterocycles. The number of carboxylic acid groups (broad SMARTS) is 1. The molecule has 1 N–H and O–H groups in total. The Balaban J connectivity index is 1.83. The molecular weight excluding hydrogens is 476 g/mol. The lowest BCUT2D eigenvalue weighted by Gasteiger charge is -2.29. The van der Waals surface area contributed by atoms with Gasteiger partial charge in [-0.2, -0.15) is 0 Å². The highest BCUT2D eigenvalue weighted by Crippen LogP contribution is 2.44. The Kier molecular flexibility index (Phi) is 7.20. The van der Waals surface area contributed by atoms with Crippen LogP contribution in [0.2, 0.25) is 0 Å². The Labute approximate surface area is 215 Å². The summed E-state index contributed by atoms with van der Waals surface area (Å²) < 4.78 is 33.1. The van der Waals surface area contributed by atoms with Gasteiger partial charge in [0.15, 0.2) is 17.7 Å². The first-order valence-corrected chi connectivity index (χ1v) is 12.2. The zero-order valence-corrected chi connectivity index (χ0v) is 21.7. The van der Waals surface area contributed by atoms with Gasteiger partial charge in [-0.05, 0) is 87.1 Å². The van der Waals surface area contributed by atoms with Crippen molar-refractivity contribution in [1.82, 2.24) is 0 Å². The zero-order valence-electron chi connectivity index (χ0n) is 21.7. The Bertz CT molecular complexity index is 1360. The molecule has 37 heavy (non-hydrogen) atoms. The first-order chi connectivity index (χ1) is 17.4. The van der Waals surface area contributed by atoms with E-state index in [0.717, 1.165) is 34.4 Å². The molecule has 7 heteroatoms. The third-order valence-electron chi connectivity index (χ3n) is 6.47. The molecule has 0 unspecified atom stereocenters. The van der Waals surface area contributed by atoms with E-state index in [-0.39, 0.29) is 12.3 Å². The number of rotatable bonds is 6. The molecule has 4 rings (SSSR count). The summed E-state index contributed by atoms with van der Waals surface area (Å²) in [6.07, 6.45) is -0.757. The number of amides is 1. The summed E-state index contributed by atoms with van der Waals surface area (Å²) in [5.74, 6) is -3.28. The van der Waals surface area contributed by atoms with Crippen LogP contribution in [0.1, 0.15) is 54.7 Å². The predicted octanol–water partition coefficient (Wildman–Crippen LogP) is 6.32. The van der Waals surface area contributed by atoms with Gasteiger partial charge in [0.05, 0.1) is 12.0 Å². The number of nitrogens with zero attached hydrogens (tertiary/aromatic N) is 1. The van der Waals surface area contributed by atoms with Crippen LogP contribution in [0, 0.1) is 25.5 Å². The summed E-state index contributed by atoms with van der Waals surface area (Å²) >= 11 is 0. The van der Waals surface area contributed by atoms with Gasteiger partial charge in [0.1, 0.15) is 0 Å². The lowest BCUT2D eigenvalue weighted by Crippen LogP contribution is -2.30. The molecule has 1 aliphatic rings. The van der Waals surface area contributed by atoms with Gasteiger partial charge in [0, 0.05) is 17.8 Å². The van der Waals surface area contributed by atoms with Crippen LogP contribution in [0.25, 0.3) is 11.1 Å². The normalized spacial score (nSPS) is 14.0. The number of aliphatic carboxylic acids is 1. The summed E-state index contributed by atoms with van der Waals surface area (Å²) in [6.45, 7) is 9.65. The first kappa shape index (κ1) is 26.5. The quantitative estimate of drug-likeness (QED) is 0.424. The van der Waals surface area contributed by atoms with E-state index in [1.54, 1.807) is 4.90 Å². The molecular formula is C30H31F2NO4. The number of carbonyl (C=O) groups is 2. The van der Waals surface area contributed by atoms with E-state index >= 15 is 0 Å². The number of carboxylic acids is 1. The molecule has 0 aromatic heterocycles. The smallest absolute Gasteiger partial charge is 0.337 e. The Morgan fingerprint density at radius 3 is 2.30 bits per heavy atom. The number of carbonyl (C=O) groups excluding carboxylic acids is 1. The van der Waals surface area contributed by atoms with E-state index in [4.69, 9.17) is 4.74 Å². The van der Waals surface area contributed by atoms with Gasteiger partial charge in [-0.15, -0.1) is 0 Å². The molecule has 0 fully saturated rings. The van der Waals surface area contributed by atoms with Crippen molar-refractivity contribution in [2.45, 2.75) is 59.2 Å². The van der Waals surface area contributed by atoms with Gasteiger partial charge in [-0.25, -0.2) is 13.6 Å². The van der Waals surface area contributed by atoms with Crippen LogP contribution in [0.4, 0.5) is 14.5 Å². The Hall–Kier alpha value is -3.58. The topological polar surface area (TPSA) is 66.8 Å². The van der Waals surface area contributed by atoms with Gasteiger partial charge >= 0.3 is 5.97 Å². The molecule has 0 saturated carbocycles. The molecule has 0 radical (unpaired) electrons. The van der Waals surface area contributed by atoms with E-state index in [1.807, 2.05) is 65.0 Å². The third-order valence-corrected chi connectivity index (χ3v) is 6.47. The zero-order chi connectivity index (χ0) is 27.1. The predicted molar refractivity (Wildman–Crippen MR) is 139 cm³/mol. The van der Waals surface area contributed by atoms with Crippen molar-refractivity contribution in [1.29, 1.82) is 0 Å². The number of fused-ring (bicyclic) bond motifs is 1. The summed E-state index contributed by atoms with van der Waals surface area (Å²) in [6, 6.07) is 13.1. The van der Waals surface area contributed by atoms with Crippen molar-refractivity contribution in [2.75, 3.05) is 11.4 Å². The molecule has 3 aromatic carbocycles. The fourth-order valence-electron chi connectivity index (χ4n) is 4.85. The van der Waals surface area contributed by atoms with E-state index in [0.29, 0.717) is 35.3 Å². The van der Waals surface area contributed by atoms with Gasteiger partial charge in [-0.3, -0.25) is 4.79 Å². The highest BCUT2D eigenvalue weighted by molar-refractivity contribution is 5.99. The van der Waals surface area contributed by atoms with Crippen LogP contribution < -0.4 is 4.90 Å². The Morgan fingerprint density at radius 1 is 1.03 bits per heavy atom. The molecule has 0 bridgehead atoms. The minimum atomic E-state index is -1.20. The maximum Gasteiger partial charge on any atom is 0.337 e. The SMILES string of the molecule is Cc1ccc(-c2c3c(cc(C)c2[C@H](OC(C)(C)C)C(=O)O)N(C(=O)Cc2ccc(F)c(F)c2)CC3)cc1. The van der Waals surface area contributed by atoms with E-state index in [1.165, 1.54) is 6.07 Å². The number of benzene rings is 3. The van der Waals surface area contributed by atoms with E-state index in [9.17, 15) is 23.5 Å².